The van der Waals surface area contributed by atoms with Gasteiger partial charge in [0, 0.05) is 19.6 Å². The molecule has 1 aliphatic rings. The van der Waals surface area contributed by atoms with Crippen LogP contribution < -0.4 is 4.90 Å². The Labute approximate surface area is 168 Å². The first-order valence-electron chi connectivity index (χ1n) is 7.99. The van der Waals surface area contributed by atoms with Crippen LogP contribution in [0.2, 0.25) is 5.28 Å². The number of para-hydroxylation sites is 2. The molecule has 26 heavy (non-hydrogen) atoms. The molecule has 1 aromatic heterocycles. The molecule has 3 aromatic carbocycles. The molecule has 0 amide bonds. The molecule has 0 saturated carbocycles. The Hall–Kier alpha value is -2.08. The first-order valence-corrected chi connectivity index (χ1v) is 9.98. The highest BCUT2D eigenvalue weighted by molar-refractivity contribution is 9.10. The van der Waals surface area contributed by atoms with Crippen molar-refractivity contribution in [2.24, 2.45) is 0 Å². The normalized spacial score (nSPS) is 12.8. The maximum atomic E-state index is 6.28. The molecule has 126 valence electrons. The third-order valence-electron chi connectivity index (χ3n) is 4.26. The van der Waals surface area contributed by atoms with E-state index in [4.69, 9.17) is 11.6 Å². The van der Waals surface area contributed by atoms with E-state index in [9.17, 15) is 0 Å². The number of benzene rings is 3. The van der Waals surface area contributed by atoms with E-state index in [1.807, 2.05) is 30.3 Å². The molecule has 0 N–H and O–H groups in total. The summed E-state index contributed by atoms with van der Waals surface area (Å²) in [4.78, 5) is 13.5. The smallest absolute Gasteiger partial charge is 0.224 e. The summed E-state index contributed by atoms with van der Waals surface area (Å²) in [6.07, 6.45) is 0. The zero-order valence-corrected chi connectivity index (χ0v) is 16.5. The quantitative estimate of drug-likeness (QED) is 0.263. The van der Waals surface area contributed by atoms with Crippen molar-refractivity contribution in [3.8, 4) is 0 Å². The highest BCUT2D eigenvalue weighted by Gasteiger charge is 2.27. The molecule has 6 heteroatoms. The zero-order chi connectivity index (χ0) is 17.7. The number of fused-ring (bicyclic) bond motifs is 3. The summed E-state index contributed by atoms with van der Waals surface area (Å²) in [5, 5.41) is 1.19. The van der Waals surface area contributed by atoms with Crippen molar-refractivity contribution in [3.63, 3.8) is 0 Å². The molecule has 3 nitrogen and oxygen atoms in total. The van der Waals surface area contributed by atoms with Crippen molar-refractivity contribution < 1.29 is 0 Å². The topological polar surface area (TPSA) is 29.0 Å². The lowest BCUT2D eigenvalue weighted by Crippen LogP contribution is -2.16. The van der Waals surface area contributed by atoms with Gasteiger partial charge in [0.2, 0.25) is 5.28 Å². The van der Waals surface area contributed by atoms with Gasteiger partial charge < -0.3 is 0 Å². The van der Waals surface area contributed by atoms with Gasteiger partial charge in [-0.15, -0.1) is 0 Å². The summed E-state index contributed by atoms with van der Waals surface area (Å²) in [5.74, 6) is 0.785. The average molecular weight is 441 g/mol. The van der Waals surface area contributed by atoms with Gasteiger partial charge in [-0.1, -0.05) is 52.0 Å². The fourth-order valence-corrected chi connectivity index (χ4v) is 4.74. The lowest BCUT2D eigenvalue weighted by Gasteiger charge is -2.32. The van der Waals surface area contributed by atoms with Gasteiger partial charge in [-0.2, -0.15) is 4.98 Å². The molecule has 4 aromatic rings. The van der Waals surface area contributed by atoms with Crippen LogP contribution in [0.25, 0.3) is 10.9 Å². The monoisotopic (exact) mass is 439 g/mol. The lowest BCUT2D eigenvalue weighted by atomic mass is 10.1. The third-order valence-corrected chi connectivity index (χ3v) is 6.05. The van der Waals surface area contributed by atoms with Gasteiger partial charge >= 0.3 is 0 Å². The molecule has 0 saturated heterocycles. The largest absolute Gasteiger partial charge is 0.292 e. The van der Waals surface area contributed by atoms with Gasteiger partial charge in [0.25, 0.3) is 0 Å². The summed E-state index contributed by atoms with van der Waals surface area (Å²) in [7, 11) is 0. The highest BCUT2D eigenvalue weighted by atomic mass is 79.9. The molecule has 0 bridgehead atoms. The average Bonchev–Trinajstić information content (AvgIpc) is 2.65. The van der Waals surface area contributed by atoms with E-state index in [0.29, 0.717) is 0 Å². The second-order valence-corrected chi connectivity index (χ2v) is 8.19. The van der Waals surface area contributed by atoms with Crippen LogP contribution in [-0.4, -0.2) is 9.97 Å². The van der Waals surface area contributed by atoms with Crippen molar-refractivity contribution >= 4 is 67.4 Å². The van der Waals surface area contributed by atoms with Crippen LogP contribution in [0.15, 0.2) is 81.0 Å². The molecular weight excluding hydrogens is 430 g/mol. The number of hydrogen-bond donors (Lipinski definition) is 0. The van der Waals surface area contributed by atoms with Crippen LogP contribution >= 0.6 is 39.3 Å². The molecule has 0 fully saturated rings. The van der Waals surface area contributed by atoms with Crippen LogP contribution in [0.1, 0.15) is 0 Å². The van der Waals surface area contributed by atoms with E-state index < -0.39 is 0 Å². The first-order chi connectivity index (χ1) is 12.7. The van der Waals surface area contributed by atoms with Gasteiger partial charge in [0.05, 0.1) is 16.9 Å². The van der Waals surface area contributed by atoms with E-state index >= 15 is 0 Å². The fraction of sp³-hybridized carbons (Fsp3) is 0. The number of rotatable bonds is 1. The standard InChI is InChI=1S/C20H11BrClN3S/c21-12-9-10-13-14(11-12)23-20(22)24-19(13)25-15-5-1-3-7-17(15)26-18-8-4-2-6-16(18)25/h1-11H. The Balaban J connectivity index is 1.85. The minimum atomic E-state index is 0.235. The Bertz CT molecular complexity index is 1110. The zero-order valence-electron chi connectivity index (χ0n) is 13.4. The molecule has 0 spiro atoms. The molecule has 2 heterocycles. The van der Waals surface area contributed by atoms with Crippen molar-refractivity contribution in [2.45, 2.75) is 9.79 Å². The summed E-state index contributed by atoms with van der Waals surface area (Å²) < 4.78 is 0.959. The molecule has 0 aliphatic carbocycles. The predicted octanol–water partition coefficient (Wildman–Crippen LogP) is 6.98. The summed E-state index contributed by atoms with van der Waals surface area (Å²) >= 11 is 11.6. The van der Waals surface area contributed by atoms with E-state index in [-0.39, 0.29) is 5.28 Å². The minimum absolute atomic E-state index is 0.235. The molecule has 1 aliphatic heterocycles. The van der Waals surface area contributed by atoms with Crippen molar-refractivity contribution in [1.29, 1.82) is 0 Å². The first kappa shape index (κ1) is 16.1. The summed E-state index contributed by atoms with van der Waals surface area (Å²) in [6, 6.07) is 22.7. The lowest BCUT2D eigenvalue weighted by molar-refractivity contribution is 1.10. The second kappa shape index (κ2) is 6.27. The molecule has 0 radical (unpaired) electrons. The van der Waals surface area contributed by atoms with Crippen LogP contribution in [0.4, 0.5) is 17.2 Å². The molecule has 0 unspecified atom stereocenters. The SMILES string of the molecule is Clc1nc(N2c3ccccc3Sc3ccccc32)c2ccc(Br)cc2n1. The van der Waals surface area contributed by atoms with Crippen molar-refractivity contribution in [2.75, 3.05) is 4.90 Å². The van der Waals surface area contributed by atoms with Crippen LogP contribution in [0, 0.1) is 0 Å². The van der Waals surface area contributed by atoms with E-state index in [0.717, 1.165) is 32.6 Å². The summed E-state index contributed by atoms with van der Waals surface area (Å²) in [6.45, 7) is 0. The minimum Gasteiger partial charge on any atom is -0.292 e. The van der Waals surface area contributed by atoms with Crippen molar-refractivity contribution in [1.82, 2.24) is 9.97 Å². The van der Waals surface area contributed by atoms with E-state index in [2.05, 4.69) is 67.2 Å². The van der Waals surface area contributed by atoms with E-state index in [1.165, 1.54) is 9.79 Å². The molecule has 5 rings (SSSR count). The Morgan fingerprint density at radius 2 is 1.50 bits per heavy atom. The van der Waals surface area contributed by atoms with Crippen molar-refractivity contribution in [3.05, 3.63) is 76.5 Å². The van der Waals surface area contributed by atoms with Gasteiger partial charge in [0.15, 0.2) is 5.82 Å². The van der Waals surface area contributed by atoms with Crippen LogP contribution in [-0.2, 0) is 0 Å². The number of halogens is 2. The maximum Gasteiger partial charge on any atom is 0.224 e. The predicted molar refractivity (Wildman–Crippen MR) is 111 cm³/mol. The summed E-state index contributed by atoms with van der Waals surface area (Å²) in [5.41, 5.74) is 2.99. The number of nitrogens with zero attached hydrogens (tertiary/aromatic N) is 3. The Morgan fingerprint density at radius 1 is 0.846 bits per heavy atom. The van der Waals surface area contributed by atoms with Crippen LogP contribution in [0.5, 0.6) is 0 Å². The molecular formula is C20H11BrClN3S. The van der Waals surface area contributed by atoms with Crippen LogP contribution in [0.3, 0.4) is 0 Å². The number of hydrogen-bond acceptors (Lipinski definition) is 4. The number of anilines is 3. The number of aromatic nitrogens is 2. The Morgan fingerprint density at radius 3 is 2.19 bits per heavy atom. The maximum absolute atomic E-state index is 6.28. The molecule has 0 atom stereocenters. The fourth-order valence-electron chi connectivity index (χ4n) is 3.16. The van der Waals surface area contributed by atoms with Gasteiger partial charge in [0.1, 0.15) is 0 Å². The third kappa shape index (κ3) is 2.58. The van der Waals surface area contributed by atoms with E-state index in [1.54, 1.807) is 11.8 Å². The second-order valence-electron chi connectivity index (χ2n) is 5.85. The highest BCUT2D eigenvalue weighted by Crippen LogP contribution is 2.51. The van der Waals surface area contributed by atoms with Gasteiger partial charge in [-0.05, 0) is 54.1 Å². The Kier molecular flexibility index (Phi) is 3.89. The van der Waals surface area contributed by atoms with Gasteiger partial charge in [-0.25, -0.2) is 4.98 Å². The van der Waals surface area contributed by atoms with Gasteiger partial charge in [-0.3, -0.25) is 4.90 Å².